The van der Waals surface area contributed by atoms with Crippen LogP contribution < -0.4 is 5.32 Å². The van der Waals surface area contributed by atoms with Gasteiger partial charge in [-0.3, -0.25) is 10.2 Å². The van der Waals surface area contributed by atoms with Crippen LogP contribution in [-0.4, -0.2) is 47.7 Å². The zero-order chi connectivity index (χ0) is 17.0. The van der Waals surface area contributed by atoms with Crippen LogP contribution in [0.5, 0.6) is 0 Å². The number of pyridine rings is 1. The van der Waals surface area contributed by atoms with Crippen molar-refractivity contribution in [2.24, 2.45) is 10.9 Å². The van der Waals surface area contributed by atoms with E-state index in [9.17, 15) is 0 Å². The molecule has 25 heavy (non-hydrogen) atoms. The minimum atomic E-state index is -0.109. The van der Waals surface area contributed by atoms with Crippen molar-refractivity contribution in [3.63, 3.8) is 0 Å². The number of aliphatic imine (C=N–C) groups is 1. The average molecular weight is 336 g/mol. The number of rotatable bonds is 1. The predicted molar refractivity (Wildman–Crippen MR) is 100 cm³/mol. The third-order valence-electron chi connectivity index (χ3n) is 6.29. The van der Waals surface area contributed by atoms with E-state index in [0.717, 1.165) is 24.3 Å². The maximum Gasteiger partial charge on any atom is 0.291 e. The molecule has 3 saturated heterocycles. The van der Waals surface area contributed by atoms with Crippen LogP contribution in [0.1, 0.15) is 24.0 Å². The number of aromatic nitrogens is 1. The van der Waals surface area contributed by atoms with Crippen LogP contribution in [0.3, 0.4) is 0 Å². The highest BCUT2D eigenvalue weighted by Crippen LogP contribution is 2.40. The molecule has 3 fully saturated rings. The molecule has 1 aromatic carbocycles. The molecule has 1 spiro atoms. The first kappa shape index (κ1) is 15.1. The van der Waals surface area contributed by atoms with Gasteiger partial charge in [-0.1, -0.05) is 12.1 Å². The summed E-state index contributed by atoms with van der Waals surface area (Å²) in [5.74, 6) is 1.44. The largest absolute Gasteiger partial charge is 0.455 e. The summed E-state index contributed by atoms with van der Waals surface area (Å²) < 4.78 is 6.35. The average Bonchev–Trinajstić information content (AvgIpc) is 3.01. The van der Waals surface area contributed by atoms with E-state index in [-0.39, 0.29) is 5.60 Å². The van der Waals surface area contributed by atoms with E-state index in [1.54, 1.807) is 0 Å². The highest BCUT2D eigenvalue weighted by molar-refractivity contribution is 5.93. The fourth-order valence-electron chi connectivity index (χ4n) is 4.60. The Morgan fingerprint density at radius 3 is 2.84 bits per heavy atom. The number of anilines is 1. The molecule has 1 aromatic heterocycles. The monoisotopic (exact) mass is 336 g/mol. The fourth-order valence-corrected chi connectivity index (χ4v) is 4.60. The van der Waals surface area contributed by atoms with Crippen LogP contribution >= 0.6 is 0 Å². The smallest absolute Gasteiger partial charge is 0.291 e. The van der Waals surface area contributed by atoms with Crippen LogP contribution in [0, 0.1) is 19.8 Å². The van der Waals surface area contributed by atoms with E-state index in [1.165, 1.54) is 42.4 Å². The molecule has 4 aliphatic rings. The topological polar surface area (TPSA) is 49.8 Å². The number of aryl methyl sites for hydroxylation is 2. The van der Waals surface area contributed by atoms with Gasteiger partial charge in [0.2, 0.25) is 0 Å². The van der Waals surface area contributed by atoms with Crippen LogP contribution in [0.15, 0.2) is 29.4 Å². The number of ether oxygens (including phenoxy) is 1. The number of nitrogens with one attached hydrogen (secondary N) is 1. The van der Waals surface area contributed by atoms with Crippen LogP contribution in [-0.2, 0) is 4.74 Å². The van der Waals surface area contributed by atoms with E-state index in [0.29, 0.717) is 11.9 Å². The van der Waals surface area contributed by atoms with Crippen molar-refractivity contribution >= 4 is 22.6 Å². The third-order valence-corrected chi connectivity index (χ3v) is 6.29. The lowest BCUT2D eigenvalue weighted by molar-refractivity contribution is -0.0829. The maximum absolute atomic E-state index is 6.35. The van der Waals surface area contributed by atoms with Gasteiger partial charge in [0.25, 0.3) is 6.02 Å². The molecule has 2 aromatic rings. The number of hydrogen-bond acceptors (Lipinski definition) is 5. The zero-order valence-electron chi connectivity index (χ0n) is 14.9. The SMILES string of the molecule is Cc1ccc2cnc(NC3=NC[C@@]4(CN5CCC4CC5)O3)cc2c1C. The lowest BCUT2D eigenvalue weighted by Gasteiger charge is -2.50. The van der Waals surface area contributed by atoms with Crippen molar-refractivity contribution < 1.29 is 4.74 Å². The molecule has 2 bridgehead atoms. The number of piperidine rings is 3. The fraction of sp³-hybridized carbons (Fsp3) is 0.500. The number of nitrogens with zero attached hydrogens (tertiary/aromatic N) is 3. The third kappa shape index (κ3) is 2.41. The first-order chi connectivity index (χ1) is 12.1. The summed E-state index contributed by atoms with van der Waals surface area (Å²) in [7, 11) is 0. The van der Waals surface area contributed by atoms with Crippen LogP contribution in [0.2, 0.25) is 0 Å². The van der Waals surface area contributed by atoms with E-state index in [2.05, 4.69) is 52.2 Å². The zero-order valence-corrected chi connectivity index (χ0v) is 14.9. The van der Waals surface area contributed by atoms with Gasteiger partial charge in [0.15, 0.2) is 0 Å². The predicted octanol–water partition coefficient (Wildman–Crippen LogP) is 3.11. The summed E-state index contributed by atoms with van der Waals surface area (Å²) in [6.07, 6.45) is 4.38. The lowest BCUT2D eigenvalue weighted by atomic mass is 9.75. The molecule has 4 aliphatic heterocycles. The van der Waals surface area contributed by atoms with Crippen molar-refractivity contribution in [3.05, 3.63) is 35.5 Å². The molecule has 0 aliphatic carbocycles. The summed E-state index contributed by atoms with van der Waals surface area (Å²) in [5, 5.41) is 5.70. The van der Waals surface area contributed by atoms with Crippen LogP contribution in [0.25, 0.3) is 10.8 Å². The number of fused-ring (bicyclic) bond motifs is 3. The highest BCUT2D eigenvalue weighted by Gasteiger charge is 2.51. The Labute approximate surface area is 148 Å². The molecule has 0 unspecified atom stereocenters. The minimum Gasteiger partial charge on any atom is -0.455 e. The molecule has 0 amide bonds. The first-order valence-electron chi connectivity index (χ1n) is 9.22. The molecule has 5 heterocycles. The van der Waals surface area contributed by atoms with Gasteiger partial charge >= 0.3 is 0 Å². The Bertz CT molecular complexity index is 869. The van der Waals surface area contributed by atoms with Crippen LogP contribution in [0.4, 0.5) is 5.82 Å². The molecule has 0 radical (unpaired) electrons. The first-order valence-corrected chi connectivity index (χ1v) is 9.22. The van der Waals surface area contributed by atoms with Crippen molar-refractivity contribution in [2.45, 2.75) is 32.3 Å². The van der Waals surface area contributed by atoms with Gasteiger partial charge in [0, 0.05) is 24.0 Å². The quantitative estimate of drug-likeness (QED) is 0.869. The molecular formula is C20H24N4O. The van der Waals surface area contributed by atoms with E-state index in [1.807, 2.05) is 6.20 Å². The van der Waals surface area contributed by atoms with Gasteiger partial charge in [-0.2, -0.15) is 0 Å². The van der Waals surface area contributed by atoms with Crippen molar-refractivity contribution in [1.29, 1.82) is 0 Å². The molecule has 6 rings (SSSR count). The molecule has 5 heteroatoms. The van der Waals surface area contributed by atoms with E-state index < -0.39 is 0 Å². The van der Waals surface area contributed by atoms with Crippen molar-refractivity contribution in [1.82, 2.24) is 9.88 Å². The standard InChI is InChI=1S/C20H24N4O/c1-13-3-4-15-10-21-18(9-17(15)14(13)2)23-19-22-11-20(25-19)12-24-7-5-16(20)6-8-24/h3-4,9-10,16H,5-8,11-12H2,1-2H3,(H,21,22,23)/t20-/m0/s1. The minimum absolute atomic E-state index is 0.109. The Balaban J connectivity index is 1.38. The summed E-state index contributed by atoms with van der Waals surface area (Å²) in [6.45, 7) is 8.50. The summed E-state index contributed by atoms with van der Waals surface area (Å²) in [4.78, 5) is 11.7. The Morgan fingerprint density at radius 1 is 1.24 bits per heavy atom. The normalized spacial score (nSPS) is 30.6. The van der Waals surface area contributed by atoms with Crippen molar-refractivity contribution in [2.75, 3.05) is 31.5 Å². The number of benzene rings is 1. The summed E-state index contributed by atoms with van der Waals surface area (Å²) in [5.41, 5.74) is 2.48. The lowest BCUT2D eigenvalue weighted by Crippen LogP contribution is -2.61. The molecule has 1 atom stereocenters. The highest BCUT2D eigenvalue weighted by atomic mass is 16.5. The number of hydrogen-bond donors (Lipinski definition) is 1. The number of amidine groups is 1. The Hall–Kier alpha value is -2.14. The summed E-state index contributed by atoms with van der Waals surface area (Å²) >= 11 is 0. The summed E-state index contributed by atoms with van der Waals surface area (Å²) in [6, 6.07) is 7.00. The molecule has 130 valence electrons. The molecule has 1 N–H and O–H groups in total. The maximum atomic E-state index is 6.35. The molecular weight excluding hydrogens is 312 g/mol. The van der Waals surface area contributed by atoms with Gasteiger partial charge in [-0.05, 0) is 62.4 Å². The van der Waals surface area contributed by atoms with E-state index in [4.69, 9.17) is 4.74 Å². The molecule has 0 saturated carbocycles. The van der Waals surface area contributed by atoms with Gasteiger partial charge in [0.1, 0.15) is 11.4 Å². The van der Waals surface area contributed by atoms with Gasteiger partial charge in [0.05, 0.1) is 6.54 Å². The van der Waals surface area contributed by atoms with Gasteiger partial charge in [-0.15, -0.1) is 0 Å². The van der Waals surface area contributed by atoms with E-state index >= 15 is 0 Å². The van der Waals surface area contributed by atoms with Gasteiger partial charge in [-0.25, -0.2) is 9.98 Å². The van der Waals surface area contributed by atoms with Crippen molar-refractivity contribution in [3.8, 4) is 0 Å². The second-order valence-corrected chi connectivity index (χ2v) is 7.76. The Morgan fingerprint density at radius 2 is 2.08 bits per heavy atom. The molecule has 5 nitrogen and oxygen atoms in total. The van der Waals surface area contributed by atoms with Gasteiger partial charge < -0.3 is 4.74 Å². The second kappa shape index (κ2) is 5.43. The second-order valence-electron chi connectivity index (χ2n) is 7.76. The Kier molecular flexibility index (Phi) is 3.29.